The number of carbonyl (C=O) groups is 2. The van der Waals surface area contributed by atoms with Crippen LogP contribution in [0.1, 0.15) is 79.9 Å². The van der Waals surface area contributed by atoms with Crippen molar-refractivity contribution in [3.05, 3.63) is 41.7 Å². The van der Waals surface area contributed by atoms with Crippen molar-refractivity contribution in [1.82, 2.24) is 20.3 Å². The molecule has 166 valence electrons. The third-order valence-electron chi connectivity index (χ3n) is 6.97. The molecule has 1 atom stereocenters. The number of rotatable bonds is 7. The first-order valence-corrected chi connectivity index (χ1v) is 11.6. The van der Waals surface area contributed by atoms with Crippen LogP contribution in [0.2, 0.25) is 0 Å². The van der Waals surface area contributed by atoms with E-state index in [9.17, 15) is 14.9 Å². The van der Waals surface area contributed by atoms with E-state index in [0.29, 0.717) is 17.2 Å². The van der Waals surface area contributed by atoms with Gasteiger partial charge in [0.25, 0.3) is 5.91 Å². The van der Waals surface area contributed by atoms with Gasteiger partial charge in [0.1, 0.15) is 5.69 Å². The molecule has 0 saturated heterocycles. The highest BCUT2D eigenvalue weighted by molar-refractivity contribution is 5.97. The van der Waals surface area contributed by atoms with Gasteiger partial charge in [-0.15, -0.1) is 5.10 Å². The maximum Gasteiger partial charge on any atom is 0.251 e. The van der Waals surface area contributed by atoms with Crippen molar-refractivity contribution >= 4 is 17.5 Å². The Balaban J connectivity index is 1.31. The highest BCUT2D eigenvalue weighted by Crippen LogP contribution is 2.43. The van der Waals surface area contributed by atoms with Crippen molar-refractivity contribution in [2.24, 2.45) is 11.8 Å². The zero-order valence-electron chi connectivity index (χ0n) is 18.1. The summed E-state index contributed by atoms with van der Waals surface area (Å²) in [5.74, 6) is 0.315. The summed E-state index contributed by atoms with van der Waals surface area (Å²) >= 11 is 0. The largest absolute Gasteiger partial charge is 0.343 e. The normalized spacial score (nSPS) is 20.7. The first-order valence-electron chi connectivity index (χ1n) is 11.6. The van der Waals surface area contributed by atoms with E-state index >= 15 is 0 Å². The van der Waals surface area contributed by atoms with Gasteiger partial charge in [-0.1, -0.05) is 24.5 Å². The molecule has 3 fully saturated rings. The Kier molecular flexibility index (Phi) is 5.41. The number of hydrogen-bond acceptors (Lipinski definition) is 5. The Morgan fingerprint density at radius 2 is 1.81 bits per heavy atom. The summed E-state index contributed by atoms with van der Waals surface area (Å²) in [6, 6.07) is 9.12. The molecular weight excluding hydrogens is 404 g/mol. The molecule has 0 spiro atoms. The summed E-state index contributed by atoms with van der Waals surface area (Å²) in [4.78, 5) is 25.0. The molecule has 32 heavy (non-hydrogen) atoms. The average Bonchev–Trinajstić information content (AvgIpc) is 3.76. The summed E-state index contributed by atoms with van der Waals surface area (Å²) in [7, 11) is 0. The molecule has 8 nitrogen and oxygen atoms in total. The highest BCUT2D eigenvalue weighted by atomic mass is 16.2. The van der Waals surface area contributed by atoms with Gasteiger partial charge in [-0.3, -0.25) is 9.59 Å². The minimum Gasteiger partial charge on any atom is -0.343 e. The van der Waals surface area contributed by atoms with Gasteiger partial charge in [0.15, 0.2) is 5.54 Å². The van der Waals surface area contributed by atoms with E-state index in [4.69, 9.17) is 0 Å². The molecule has 0 bridgehead atoms. The van der Waals surface area contributed by atoms with Crippen molar-refractivity contribution in [1.29, 1.82) is 5.26 Å². The maximum atomic E-state index is 13.1. The SMILES string of the molecule is N#CC1(n2cc(C(NC(=O)c3ccc(NC(=O)C4CC4)cc3)C3CCCCC3)nn2)CC1. The third-order valence-corrected chi connectivity index (χ3v) is 6.97. The molecule has 1 aromatic heterocycles. The van der Waals surface area contributed by atoms with Crippen molar-refractivity contribution < 1.29 is 9.59 Å². The molecule has 5 rings (SSSR count). The van der Waals surface area contributed by atoms with Gasteiger partial charge < -0.3 is 10.6 Å². The van der Waals surface area contributed by atoms with Crippen molar-refractivity contribution in [3.8, 4) is 6.07 Å². The quantitative estimate of drug-likeness (QED) is 0.693. The molecule has 3 saturated carbocycles. The van der Waals surface area contributed by atoms with Crippen LogP contribution in [0.5, 0.6) is 0 Å². The fourth-order valence-electron chi connectivity index (χ4n) is 4.56. The summed E-state index contributed by atoms with van der Waals surface area (Å²) in [5, 5.41) is 24.2. The van der Waals surface area contributed by atoms with Crippen LogP contribution in [0.15, 0.2) is 30.5 Å². The zero-order valence-corrected chi connectivity index (χ0v) is 18.1. The molecule has 2 aromatic rings. The average molecular weight is 433 g/mol. The molecular formula is C24H28N6O2. The van der Waals surface area contributed by atoms with E-state index in [1.165, 1.54) is 6.42 Å². The van der Waals surface area contributed by atoms with Crippen LogP contribution >= 0.6 is 0 Å². The Morgan fingerprint density at radius 3 is 2.44 bits per heavy atom. The lowest BCUT2D eigenvalue weighted by Gasteiger charge is -2.29. The minimum absolute atomic E-state index is 0.0495. The predicted octanol–water partition coefficient (Wildman–Crippen LogP) is 3.69. The van der Waals surface area contributed by atoms with Gasteiger partial charge in [-0.2, -0.15) is 5.26 Å². The van der Waals surface area contributed by atoms with Gasteiger partial charge in [-0.05, 0) is 68.7 Å². The second kappa shape index (κ2) is 8.38. The number of benzene rings is 1. The molecule has 1 heterocycles. The Labute approximate surface area is 187 Å². The number of aromatic nitrogens is 3. The van der Waals surface area contributed by atoms with Crippen molar-refractivity contribution in [3.63, 3.8) is 0 Å². The van der Waals surface area contributed by atoms with Gasteiger partial charge in [0, 0.05) is 17.2 Å². The second-order valence-corrected chi connectivity index (χ2v) is 9.42. The van der Waals surface area contributed by atoms with Gasteiger partial charge in [-0.25, -0.2) is 4.68 Å². The van der Waals surface area contributed by atoms with Crippen LogP contribution in [-0.2, 0) is 10.3 Å². The predicted molar refractivity (Wildman–Crippen MR) is 117 cm³/mol. The number of nitrogens with one attached hydrogen (secondary N) is 2. The van der Waals surface area contributed by atoms with Crippen molar-refractivity contribution in [2.75, 3.05) is 5.32 Å². The summed E-state index contributed by atoms with van der Waals surface area (Å²) in [5.41, 5.74) is 1.41. The first-order chi connectivity index (χ1) is 15.6. The molecule has 0 radical (unpaired) electrons. The van der Waals surface area contributed by atoms with Crippen LogP contribution in [0.4, 0.5) is 5.69 Å². The number of amides is 2. The van der Waals surface area contributed by atoms with E-state index in [1.54, 1.807) is 28.9 Å². The smallest absolute Gasteiger partial charge is 0.251 e. The molecule has 2 N–H and O–H groups in total. The number of carbonyl (C=O) groups excluding carboxylic acids is 2. The van der Waals surface area contributed by atoms with Gasteiger partial charge >= 0.3 is 0 Å². The Morgan fingerprint density at radius 1 is 1.09 bits per heavy atom. The van der Waals surface area contributed by atoms with Crippen LogP contribution in [0.3, 0.4) is 0 Å². The fourth-order valence-corrected chi connectivity index (χ4v) is 4.56. The number of nitriles is 1. The molecule has 1 unspecified atom stereocenters. The van der Waals surface area contributed by atoms with Crippen LogP contribution in [-0.4, -0.2) is 26.8 Å². The number of anilines is 1. The number of nitrogens with zero attached hydrogens (tertiary/aromatic N) is 4. The Bertz CT molecular complexity index is 1040. The fraction of sp³-hybridized carbons (Fsp3) is 0.542. The first kappa shape index (κ1) is 20.7. The van der Waals surface area contributed by atoms with Crippen LogP contribution < -0.4 is 10.6 Å². The molecule has 3 aliphatic rings. The van der Waals surface area contributed by atoms with E-state index in [2.05, 4.69) is 27.0 Å². The van der Waals surface area contributed by atoms with E-state index in [1.807, 2.05) is 6.20 Å². The topological polar surface area (TPSA) is 113 Å². The third kappa shape index (κ3) is 4.24. The molecule has 8 heteroatoms. The van der Waals surface area contributed by atoms with E-state index in [0.717, 1.165) is 57.1 Å². The van der Waals surface area contributed by atoms with E-state index in [-0.39, 0.29) is 23.8 Å². The lowest BCUT2D eigenvalue weighted by Crippen LogP contribution is -2.34. The van der Waals surface area contributed by atoms with Gasteiger partial charge in [0.05, 0.1) is 18.3 Å². The summed E-state index contributed by atoms with van der Waals surface area (Å²) in [6.07, 6.45) is 10.9. The van der Waals surface area contributed by atoms with E-state index < -0.39 is 5.54 Å². The minimum atomic E-state index is -0.562. The van der Waals surface area contributed by atoms with Gasteiger partial charge in [0.2, 0.25) is 5.91 Å². The summed E-state index contributed by atoms with van der Waals surface area (Å²) < 4.78 is 1.67. The standard InChI is InChI=1S/C24H28N6O2/c25-15-24(12-13-24)30-14-20(28-29-30)21(16-4-2-1-3-5-16)27-23(32)18-8-10-19(11-9-18)26-22(31)17-6-7-17/h8-11,14,16-17,21H,1-7,12-13H2,(H,26,31)(H,27,32). The maximum absolute atomic E-state index is 13.1. The monoisotopic (exact) mass is 432 g/mol. The second-order valence-electron chi connectivity index (χ2n) is 9.42. The lowest BCUT2D eigenvalue weighted by atomic mass is 9.82. The molecule has 0 aliphatic heterocycles. The molecule has 3 aliphatic carbocycles. The lowest BCUT2D eigenvalue weighted by molar-refractivity contribution is -0.117. The molecule has 2 amide bonds. The van der Waals surface area contributed by atoms with Crippen LogP contribution in [0, 0.1) is 23.2 Å². The summed E-state index contributed by atoms with van der Waals surface area (Å²) in [6.45, 7) is 0. The van der Waals surface area contributed by atoms with Crippen molar-refractivity contribution in [2.45, 2.75) is 69.4 Å². The number of hydrogen-bond donors (Lipinski definition) is 2. The highest BCUT2D eigenvalue weighted by Gasteiger charge is 2.47. The van der Waals surface area contributed by atoms with Crippen LogP contribution in [0.25, 0.3) is 0 Å². The Hall–Kier alpha value is -3.21. The molecule has 1 aromatic carbocycles. The zero-order chi connectivity index (χ0) is 22.1.